The van der Waals surface area contributed by atoms with Crippen molar-refractivity contribution in [2.24, 2.45) is 5.41 Å². The summed E-state index contributed by atoms with van der Waals surface area (Å²) in [5, 5.41) is 6.68. The van der Waals surface area contributed by atoms with Crippen LogP contribution in [0.1, 0.15) is 35.1 Å². The van der Waals surface area contributed by atoms with E-state index in [4.69, 9.17) is 0 Å². The van der Waals surface area contributed by atoms with Gasteiger partial charge < -0.3 is 9.30 Å². The number of anilines is 3. The number of nitrogens with zero attached hydrogens (tertiary/aromatic N) is 2. The molecule has 0 amide bonds. The summed E-state index contributed by atoms with van der Waals surface area (Å²) in [6.45, 7) is 9.87. The van der Waals surface area contributed by atoms with Gasteiger partial charge in [0.05, 0.1) is 35.7 Å². The van der Waals surface area contributed by atoms with Gasteiger partial charge in [-0.05, 0) is 100 Å². The highest BCUT2D eigenvalue weighted by atomic mass is 32.3. The molecule has 3 atom stereocenters. The number of benzene rings is 7. The third-order valence-electron chi connectivity index (χ3n) is 14.5. The Morgan fingerprint density at radius 1 is 0.617 bits per heavy atom. The Bertz CT molecular complexity index is 3240. The Balaban J connectivity index is 1.30. The lowest BCUT2D eigenvalue weighted by molar-refractivity contribution is 0.294. The molecule has 0 fully saturated rings. The molecule has 0 bridgehead atoms. The molecule has 60 heavy (non-hydrogen) atoms. The second-order valence-corrected chi connectivity index (χ2v) is 28.7. The summed E-state index contributed by atoms with van der Waals surface area (Å²) < 4.78 is 2.64. The Morgan fingerprint density at radius 3 is 2.02 bits per heavy atom. The van der Waals surface area contributed by atoms with Crippen LogP contribution in [0.15, 0.2) is 175 Å². The highest BCUT2D eigenvalue weighted by Gasteiger charge is 2.64. The van der Waals surface area contributed by atoms with E-state index in [-0.39, 0.29) is 11.3 Å². The molecule has 0 radical (unpaired) electrons. The molecule has 2 aromatic heterocycles. The van der Waals surface area contributed by atoms with E-state index in [1.165, 1.54) is 98.6 Å². The van der Waals surface area contributed by atoms with Crippen LogP contribution < -0.4 is 10.1 Å². The predicted octanol–water partition coefficient (Wildman–Crippen LogP) is 14.4. The van der Waals surface area contributed by atoms with Crippen molar-refractivity contribution in [3.63, 3.8) is 0 Å². The second kappa shape index (κ2) is 12.2. The minimum Gasteiger partial charge on any atom is -0.310 e. The molecule has 0 saturated heterocycles. The molecule has 3 aliphatic rings. The van der Waals surface area contributed by atoms with E-state index in [0.717, 1.165) is 0 Å². The van der Waals surface area contributed by atoms with Crippen LogP contribution in [-0.4, -0.2) is 31.2 Å². The average molecular weight is 811 g/mol. The maximum Gasteiger partial charge on any atom is 0.0775 e. The first-order chi connectivity index (χ1) is 28.9. The monoisotopic (exact) mass is 810 g/mol. The van der Waals surface area contributed by atoms with Crippen LogP contribution in [0.2, 0.25) is 19.6 Å². The molecule has 2 nitrogen and oxygen atoms in total. The molecule has 3 aliphatic carbocycles. The molecule has 0 N–H and O–H groups in total. The highest BCUT2D eigenvalue weighted by Crippen LogP contribution is 2.72. The summed E-state index contributed by atoms with van der Waals surface area (Å²) in [7, 11) is -2.46. The van der Waals surface area contributed by atoms with Crippen LogP contribution in [0.4, 0.5) is 17.1 Å². The van der Waals surface area contributed by atoms with Gasteiger partial charge in [-0.2, -0.15) is 0 Å². The molecule has 3 unspecified atom stereocenters. The largest absolute Gasteiger partial charge is 0.310 e. The molecule has 294 valence electrons. The Hall–Kier alpha value is -5.81. The maximum atomic E-state index is 2.65. The highest BCUT2D eigenvalue weighted by molar-refractivity contribution is 8.32. The van der Waals surface area contributed by atoms with Gasteiger partial charge in [-0.3, -0.25) is 0 Å². The summed E-state index contributed by atoms with van der Waals surface area (Å²) in [5.74, 6) is 0.239. The van der Waals surface area contributed by atoms with Crippen LogP contribution in [0.5, 0.6) is 0 Å². The van der Waals surface area contributed by atoms with Crippen molar-refractivity contribution in [1.82, 2.24) is 4.40 Å². The number of aromatic nitrogens is 1. The first-order valence-electron chi connectivity index (χ1n) is 21.4. The number of rotatable bonds is 5. The SMILES string of the molecule is CC12C=CC=CC1c1ccccc1C21c2ccccc2-c2c1cc(N(c1ccc([Si](C)(C)C)cc1)c1ccc(S(C)(C)C)cc1)c1c3cccc4c5ccccc5n(c21)c43. The van der Waals surface area contributed by atoms with Crippen LogP contribution in [0.25, 0.3) is 49.2 Å². The van der Waals surface area contributed by atoms with Gasteiger partial charge in [-0.15, -0.1) is 0 Å². The van der Waals surface area contributed by atoms with Gasteiger partial charge in [-0.1, -0.05) is 153 Å². The van der Waals surface area contributed by atoms with Crippen molar-refractivity contribution in [3.05, 3.63) is 192 Å². The molecule has 2 heterocycles. The second-order valence-electron chi connectivity index (χ2n) is 19.4. The lowest BCUT2D eigenvalue weighted by Crippen LogP contribution is -2.42. The van der Waals surface area contributed by atoms with Crippen molar-refractivity contribution >= 4 is 78.4 Å². The average Bonchev–Trinajstić information content (AvgIpc) is 3.94. The number of hydrogen-bond donors (Lipinski definition) is 0. The standard InChI is InChI=1S/C56H50N2SSi/c1-55-34-15-14-22-45(55)42-18-8-11-23-46(42)56(55)47-24-12-9-19-43(47)51-48(56)35-50(52-44-21-16-20-41-40-17-10-13-25-49(40)58(53(41)44)54(51)52)57(36-26-30-38(31-27-36)59(2,3)4)37-28-32-39(33-29-37)60(5,6)7/h8-35,45H,1-7H3. The molecule has 0 saturated carbocycles. The fraction of sp³-hybridized carbons (Fsp3) is 0.179. The minimum atomic E-state index is -1.55. The maximum absolute atomic E-state index is 2.65. The lowest BCUT2D eigenvalue weighted by atomic mass is 9.56. The summed E-state index contributed by atoms with van der Waals surface area (Å²) in [4.78, 5) is 4.01. The quantitative estimate of drug-likeness (QED) is 0.157. The first-order valence-corrected chi connectivity index (χ1v) is 27.8. The van der Waals surface area contributed by atoms with Gasteiger partial charge in [-0.25, -0.2) is 10.0 Å². The Kier molecular flexibility index (Phi) is 7.30. The van der Waals surface area contributed by atoms with Crippen molar-refractivity contribution in [1.29, 1.82) is 0 Å². The van der Waals surface area contributed by atoms with E-state index in [9.17, 15) is 0 Å². The van der Waals surface area contributed by atoms with Gasteiger partial charge >= 0.3 is 0 Å². The number of hydrogen-bond acceptors (Lipinski definition) is 1. The third kappa shape index (κ3) is 4.51. The van der Waals surface area contributed by atoms with E-state index < -0.39 is 23.5 Å². The lowest BCUT2D eigenvalue weighted by Gasteiger charge is -2.45. The molecule has 4 heteroatoms. The molecular weight excluding hydrogens is 761 g/mol. The Labute approximate surface area is 356 Å². The molecule has 0 aliphatic heterocycles. The summed E-state index contributed by atoms with van der Waals surface area (Å²) in [5.41, 5.74) is 15.1. The van der Waals surface area contributed by atoms with E-state index >= 15 is 0 Å². The predicted molar refractivity (Wildman–Crippen MR) is 263 cm³/mol. The minimum absolute atomic E-state index is 0.239. The van der Waals surface area contributed by atoms with E-state index in [2.05, 4.69) is 225 Å². The van der Waals surface area contributed by atoms with E-state index in [0.29, 0.717) is 0 Å². The summed E-state index contributed by atoms with van der Waals surface area (Å²) in [6.07, 6.45) is 16.7. The number of fused-ring (bicyclic) bond motifs is 17. The van der Waals surface area contributed by atoms with Gasteiger partial charge in [0.1, 0.15) is 0 Å². The molecular formula is C56H50N2SSi. The van der Waals surface area contributed by atoms with Crippen LogP contribution in [0, 0.1) is 5.41 Å². The number of allylic oxidation sites excluding steroid dienone is 4. The molecule has 12 rings (SSSR count). The topological polar surface area (TPSA) is 7.65 Å². The normalized spacial score (nSPS) is 20.7. The molecule has 1 spiro atoms. The van der Waals surface area contributed by atoms with Crippen molar-refractivity contribution in [2.45, 2.75) is 42.8 Å². The van der Waals surface area contributed by atoms with Gasteiger partial charge in [0.2, 0.25) is 0 Å². The fourth-order valence-corrected chi connectivity index (χ4v) is 14.0. The fourth-order valence-electron chi connectivity index (χ4n) is 11.8. The zero-order chi connectivity index (χ0) is 40.9. The Morgan fingerprint density at radius 2 is 1.27 bits per heavy atom. The van der Waals surface area contributed by atoms with E-state index in [1.54, 1.807) is 0 Å². The summed E-state index contributed by atoms with van der Waals surface area (Å²) in [6, 6.07) is 56.6. The molecule has 7 aromatic carbocycles. The van der Waals surface area contributed by atoms with Crippen molar-refractivity contribution in [3.8, 4) is 11.1 Å². The van der Waals surface area contributed by atoms with E-state index in [1.807, 2.05) is 0 Å². The first kappa shape index (κ1) is 36.1. The van der Waals surface area contributed by atoms with Gasteiger partial charge in [0, 0.05) is 49.8 Å². The van der Waals surface area contributed by atoms with Crippen molar-refractivity contribution in [2.75, 3.05) is 23.7 Å². The summed E-state index contributed by atoms with van der Waals surface area (Å²) >= 11 is 0. The third-order valence-corrected chi connectivity index (χ3v) is 18.3. The zero-order valence-electron chi connectivity index (χ0n) is 35.5. The smallest absolute Gasteiger partial charge is 0.0775 e. The molecule has 9 aromatic rings. The van der Waals surface area contributed by atoms with Crippen LogP contribution in [-0.2, 0) is 5.41 Å². The van der Waals surface area contributed by atoms with Gasteiger partial charge in [0.25, 0.3) is 0 Å². The van der Waals surface area contributed by atoms with Crippen LogP contribution >= 0.6 is 10.0 Å². The van der Waals surface area contributed by atoms with Crippen LogP contribution in [0.3, 0.4) is 0 Å². The van der Waals surface area contributed by atoms with Crippen molar-refractivity contribution < 1.29 is 0 Å². The van der Waals surface area contributed by atoms with Gasteiger partial charge in [0.15, 0.2) is 0 Å². The number of para-hydroxylation sites is 2. The zero-order valence-corrected chi connectivity index (χ0v) is 37.4.